The van der Waals surface area contributed by atoms with Crippen molar-refractivity contribution < 1.29 is 24.0 Å². The molecule has 3 rings (SSSR count). The van der Waals surface area contributed by atoms with Crippen molar-refractivity contribution in [2.75, 3.05) is 5.32 Å². The van der Waals surface area contributed by atoms with Crippen LogP contribution in [0.3, 0.4) is 0 Å². The third-order valence-corrected chi connectivity index (χ3v) is 4.97. The Morgan fingerprint density at radius 1 is 0.914 bits per heavy atom. The number of hydrogen-bond acceptors (Lipinski definition) is 7. The Labute approximate surface area is 200 Å². The van der Waals surface area contributed by atoms with Crippen molar-refractivity contribution in [1.29, 1.82) is 0 Å². The minimum absolute atomic E-state index is 0.0750. The molecule has 0 aliphatic heterocycles. The number of carbonyl (C=O) groups is 3. The van der Waals surface area contributed by atoms with Crippen LogP contribution in [0.1, 0.15) is 34.0 Å². The van der Waals surface area contributed by atoms with E-state index in [0.717, 1.165) is 11.1 Å². The molecular formula is C25H22N4O6. The maximum Gasteiger partial charge on any atom is 0.350 e. The summed E-state index contributed by atoms with van der Waals surface area (Å²) in [7, 11) is 0. The van der Waals surface area contributed by atoms with Crippen LogP contribution in [0.5, 0.6) is 5.75 Å². The number of hydrazone groups is 1. The van der Waals surface area contributed by atoms with Crippen LogP contribution in [0.15, 0.2) is 71.8 Å². The lowest BCUT2D eigenvalue weighted by Gasteiger charge is -2.11. The first-order valence-corrected chi connectivity index (χ1v) is 10.4. The molecule has 0 fully saturated rings. The van der Waals surface area contributed by atoms with Gasteiger partial charge >= 0.3 is 17.8 Å². The zero-order valence-electron chi connectivity index (χ0n) is 19.2. The topological polar surface area (TPSA) is 140 Å². The molecule has 0 aliphatic rings. The van der Waals surface area contributed by atoms with Crippen molar-refractivity contribution in [3.8, 4) is 5.75 Å². The minimum Gasteiger partial charge on any atom is -0.422 e. The van der Waals surface area contributed by atoms with E-state index in [1.54, 1.807) is 38.1 Å². The summed E-state index contributed by atoms with van der Waals surface area (Å²) >= 11 is 0. The third-order valence-electron chi connectivity index (χ3n) is 4.97. The molecule has 0 spiro atoms. The fourth-order valence-corrected chi connectivity index (χ4v) is 3.11. The minimum atomic E-state index is -0.986. The first-order chi connectivity index (χ1) is 16.7. The van der Waals surface area contributed by atoms with Crippen LogP contribution in [0, 0.1) is 24.0 Å². The van der Waals surface area contributed by atoms with Crippen LogP contribution >= 0.6 is 0 Å². The average Bonchev–Trinajstić information content (AvgIpc) is 2.84. The number of esters is 1. The second kappa shape index (κ2) is 10.8. The number of rotatable bonds is 6. The van der Waals surface area contributed by atoms with Gasteiger partial charge in [0.05, 0.1) is 10.6 Å². The normalized spacial score (nSPS) is 10.9. The summed E-state index contributed by atoms with van der Waals surface area (Å²) in [5.74, 6) is -2.73. The molecule has 178 valence electrons. The summed E-state index contributed by atoms with van der Waals surface area (Å²) in [4.78, 5) is 47.7. The number of aryl methyl sites for hydroxylation is 2. The summed E-state index contributed by atoms with van der Waals surface area (Å²) in [6, 6.07) is 17.2. The highest BCUT2D eigenvalue weighted by Crippen LogP contribution is 2.24. The second-order valence-electron chi connectivity index (χ2n) is 7.57. The summed E-state index contributed by atoms with van der Waals surface area (Å²) in [6.07, 6.45) is 0. The van der Waals surface area contributed by atoms with E-state index < -0.39 is 22.7 Å². The highest BCUT2D eigenvalue weighted by atomic mass is 16.6. The van der Waals surface area contributed by atoms with E-state index in [1.165, 1.54) is 30.3 Å². The Hall–Kier alpha value is -4.86. The van der Waals surface area contributed by atoms with Gasteiger partial charge < -0.3 is 10.1 Å². The zero-order chi connectivity index (χ0) is 25.5. The molecule has 10 heteroatoms. The largest absolute Gasteiger partial charge is 0.422 e. The van der Waals surface area contributed by atoms with Crippen molar-refractivity contribution in [3.63, 3.8) is 0 Å². The number of carbonyl (C=O) groups excluding carboxylic acids is 3. The number of anilines is 1. The fraction of sp³-hybridized carbons (Fsp3) is 0.120. The van der Waals surface area contributed by atoms with Gasteiger partial charge in [-0.1, -0.05) is 36.4 Å². The van der Waals surface area contributed by atoms with Gasteiger partial charge in [0.2, 0.25) is 0 Å². The van der Waals surface area contributed by atoms with E-state index >= 15 is 0 Å². The van der Waals surface area contributed by atoms with Crippen molar-refractivity contribution in [1.82, 2.24) is 5.43 Å². The third kappa shape index (κ3) is 6.14. The molecule has 10 nitrogen and oxygen atoms in total. The SMILES string of the molecule is C/C(=N\NC(=O)C(=O)Nc1cc(C)ccc1C)c1ccccc1OC(=O)c1ccccc1[N+](=O)[O-]. The molecular weight excluding hydrogens is 452 g/mol. The summed E-state index contributed by atoms with van der Waals surface area (Å²) < 4.78 is 5.38. The zero-order valence-corrected chi connectivity index (χ0v) is 19.2. The number of benzene rings is 3. The van der Waals surface area contributed by atoms with E-state index in [0.29, 0.717) is 11.3 Å². The van der Waals surface area contributed by atoms with E-state index in [9.17, 15) is 24.5 Å². The molecule has 3 aromatic carbocycles. The Bertz CT molecular complexity index is 1350. The van der Waals surface area contributed by atoms with E-state index in [1.807, 2.05) is 19.1 Å². The van der Waals surface area contributed by atoms with Gasteiger partial charge in [-0.15, -0.1) is 0 Å². The molecule has 0 saturated carbocycles. The predicted molar refractivity (Wildman–Crippen MR) is 129 cm³/mol. The second-order valence-corrected chi connectivity index (χ2v) is 7.57. The first kappa shape index (κ1) is 24.8. The van der Waals surface area contributed by atoms with Crippen LogP contribution < -0.4 is 15.5 Å². The quantitative estimate of drug-likeness (QED) is 0.139. The average molecular weight is 474 g/mol. The van der Waals surface area contributed by atoms with E-state index in [2.05, 4.69) is 15.8 Å². The number of nitro groups is 1. The molecule has 3 aromatic rings. The summed E-state index contributed by atoms with van der Waals surface area (Å²) in [5, 5.41) is 17.7. The molecule has 0 aliphatic carbocycles. The standard InChI is InChI=1S/C25H22N4O6/c1-15-12-13-16(2)20(14-15)26-23(30)24(31)28-27-17(3)18-8-5-7-11-22(18)35-25(32)19-9-4-6-10-21(19)29(33)34/h4-14H,1-3H3,(H,26,30)(H,28,31)/b27-17+. The van der Waals surface area contributed by atoms with Gasteiger partial charge in [0.15, 0.2) is 0 Å². The van der Waals surface area contributed by atoms with Gasteiger partial charge in [0, 0.05) is 17.3 Å². The van der Waals surface area contributed by atoms with Crippen molar-refractivity contribution >= 4 is 34.9 Å². The summed E-state index contributed by atoms with van der Waals surface area (Å²) in [5.41, 5.74) is 4.40. The lowest BCUT2D eigenvalue weighted by Crippen LogP contribution is -2.33. The molecule has 0 unspecified atom stereocenters. The van der Waals surface area contributed by atoms with Crippen LogP contribution in [0.4, 0.5) is 11.4 Å². The molecule has 0 bridgehead atoms. The fourth-order valence-electron chi connectivity index (χ4n) is 3.11. The number of nitro benzene ring substituents is 1. The Morgan fingerprint density at radius 3 is 2.29 bits per heavy atom. The van der Waals surface area contributed by atoms with E-state index in [4.69, 9.17) is 4.74 Å². The Morgan fingerprint density at radius 2 is 1.57 bits per heavy atom. The number of ether oxygens (including phenoxy) is 1. The monoisotopic (exact) mass is 474 g/mol. The molecule has 0 aromatic heterocycles. The van der Waals surface area contributed by atoms with Crippen LogP contribution in [-0.2, 0) is 9.59 Å². The molecule has 0 saturated heterocycles. The number of para-hydroxylation sites is 2. The molecule has 0 heterocycles. The lowest BCUT2D eigenvalue weighted by molar-refractivity contribution is -0.385. The Kier molecular flexibility index (Phi) is 7.67. The Balaban J connectivity index is 1.74. The number of amides is 2. The van der Waals surface area contributed by atoms with Gasteiger partial charge in [-0.25, -0.2) is 10.2 Å². The number of hydrogen-bond donors (Lipinski definition) is 2. The first-order valence-electron chi connectivity index (χ1n) is 10.4. The number of nitrogens with zero attached hydrogens (tertiary/aromatic N) is 2. The van der Waals surface area contributed by atoms with Crippen LogP contribution in [0.2, 0.25) is 0 Å². The molecule has 2 amide bonds. The lowest BCUT2D eigenvalue weighted by atomic mass is 10.1. The number of nitrogens with one attached hydrogen (secondary N) is 2. The van der Waals surface area contributed by atoms with Crippen LogP contribution in [-0.4, -0.2) is 28.4 Å². The van der Waals surface area contributed by atoms with Crippen molar-refractivity contribution in [3.05, 3.63) is 99.1 Å². The van der Waals surface area contributed by atoms with Crippen molar-refractivity contribution in [2.45, 2.75) is 20.8 Å². The maximum atomic E-state index is 12.6. The molecule has 2 N–H and O–H groups in total. The van der Waals surface area contributed by atoms with Crippen LogP contribution in [0.25, 0.3) is 0 Å². The van der Waals surface area contributed by atoms with E-state index in [-0.39, 0.29) is 22.7 Å². The summed E-state index contributed by atoms with van der Waals surface area (Å²) in [6.45, 7) is 5.21. The van der Waals surface area contributed by atoms with Gasteiger partial charge in [-0.2, -0.15) is 5.10 Å². The van der Waals surface area contributed by atoms with Crippen molar-refractivity contribution in [2.24, 2.45) is 5.10 Å². The van der Waals surface area contributed by atoms with Gasteiger partial charge in [0.1, 0.15) is 11.3 Å². The molecule has 0 radical (unpaired) electrons. The highest BCUT2D eigenvalue weighted by molar-refractivity contribution is 6.39. The van der Waals surface area contributed by atoms with Gasteiger partial charge in [0.25, 0.3) is 5.69 Å². The molecule has 35 heavy (non-hydrogen) atoms. The smallest absolute Gasteiger partial charge is 0.350 e. The van der Waals surface area contributed by atoms with Gasteiger partial charge in [-0.05, 0) is 56.2 Å². The maximum absolute atomic E-state index is 12.6. The van der Waals surface area contributed by atoms with Gasteiger partial charge in [-0.3, -0.25) is 19.7 Å². The molecule has 0 atom stereocenters. The predicted octanol–water partition coefficient (Wildman–Crippen LogP) is 3.91. The highest BCUT2D eigenvalue weighted by Gasteiger charge is 2.22.